The van der Waals surface area contributed by atoms with Crippen LogP contribution in [0.3, 0.4) is 0 Å². The van der Waals surface area contributed by atoms with Crippen molar-refractivity contribution in [2.24, 2.45) is 0 Å². The minimum atomic E-state index is -1.18. The summed E-state index contributed by atoms with van der Waals surface area (Å²) >= 11 is 0. The van der Waals surface area contributed by atoms with Gasteiger partial charge in [0.1, 0.15) is 0 Å². The minimum Gasteiger partial charge on any atom is -0.477 e. The molecule has 0 aliphatic heterocycles. The maximum atomic E-state index is 11.1. The topological polar surface area (TPSA) is 112 Å². The van der Waals surface area contributed by atoms with E-state index in [2.05, 4.69) is 19.1 Å². The maximum absolute atomic E-state index is 11.1. The molecule has 156 valence electrons. The van der Waals surface area contributed by atoms with Crippen molar-refractivity contribution in [3.63, 3.8) is 0 Å². The molecule has 0 saturated carbocycles. The van der Waals surface area contributed by atoms with E-state index in [1.807, 2.05) is 0 Å². The lowest BCUT2D eigenvalue weighted by Gasteiger charge is -2.34. The van der Waals surface area contributed by atoms with Crippen LogP contribution >= 0.6 is 0 Å². The number of hydrogen-bond donors (Lipinski definition) is 3. The molecule has 0 spiro atoms. The van der Waals surface area contributed by atoms with E-state index in [0.717, 1.165) is 25.7 Å². The van der Waals surface area contributed by atoms with E-state index in [-0.39, 0.29) is 6.54 Å². The summed E-state index contributed by atoms with van der Waals surface area (Å²) in [5.41, 5.74) is 0. The van der Waals surface area contributed by atoms with Gasteiger partial charge in [0.15, 0.2) is 19.6 Å². The van der Waals surface area contributed by atoms with Gasteiger partial charge in [0.25, 0.3) is 0 Å². The van der Waals surface area contributed by atoms with Crippen molar-refractivity contribution in [1.29, 1.82) is 0 Å². The molecular formula is C20H36NO6+. The van der Waals surface area contributed by atoms with Crippen molar-refractivity contribution in [3.05, 3.63) is 12.2 Å². The summed E-state index contributed by atoms with van der Waals surface area (Å²) in [5.74, 6) is -3.54. The Bertz CT molecular complexity index is 434. The third-order valence-corrected chi connectivity index (χ3v) is 4.56. The van der Waals surface area contributed by atoms with Gasteiger partial charge in [0, 0.05) is 0 Å². The van der Waals surface area contributed by atoms with E-state index in [0.29, 0.717) is 6.42 Å². The SMILES string of the molecule is CCCCCCC/C=C/CCCCC[N+](CC(=O)O)(CC(=O)O)CC(=O)O. The normalized spacial score (nSPS) is 11.7. The summed E-state index contributed by atoms with van der Waals surface area (Å²) < 4.78 is -0.451. The second-order valence-corrected chi connectivity index (χ2v) is 7.24. The molecule has 27 heavy (non-hydrogen) atoms. The van der Waals surface area contributed by atoms with Crippen LogP contribution in [-0.4, -0.2) is 63.9 Å². The van der Waals surface area contributed by atoms with Crippen LogP contribution in [-0.2, 0) is 14.4 Å². The fourth-order valence-corrected chi connectivity index (χ4v) is 3.25. The molecule has 7 heteroatoms. The molecule has 0 radical (unpaired) electrons. The quantitative estimate of drug-likeness (QED) is 0.189. The van der Waals surface area contributed by atoms with Crippen molar-refractivity contribution in [3.8, 4) is 0 Å². The summed E-state index contributed by atoms with van der Waals surface area (Å²) in [5, 5.41) is 27.2. The summed E-state index contributed by atoms with van der Waals surface area (Å²) in [7, 11) is 0. The number of carboxylic acids is 3. The van der Waals surface area contributed by atoms with Crippen molar-refractivity contribution in [2.75, 3.05) is 26.2 Å². The number of quaternary nitrogens is 1. The van der Waals surface area contributed by atoms with Gasteiger partial charge < -0.3 is 15.3 Å². The Kier molecular flexibility index (Phi) is 14.1. The lowest BCUT2D eigenvalue weighted by atomic mass is 10.1. The predicted molar refractivity (Wildman–Crippen MR) is 104 cm³/mol. The van der Waals surface area contributed by atoms with Crippen LogP contribution in [0.2, 0.25) is 0 Å². The third-order valence-electron chi connectivity index (χ3n) is 4.56. The molecule has 0 unspecified atom stereocenters. The average Bonchev–Trinajstić information content (AvgIpc) is 2.53. The minimum absolute atomic E-state index is 0.242. The number of allylic oxidation sites excluding steroid dienone is 2. The lowest BCUT2D eigenvalue weighted by molar-refractivity contribution is -0.907. The van der Waals surface area contributed by atoms with Crippen molar-refractivity contribution < 1.29 is 34.2 Å². The molecular weight excluding hydrogens is 350 g/mol. The van der Waals surface area contributed by atoms with Crippen LogP contribution in [0.5, 0.6) is 0 Å². The lowest BCUT2D eigenvalue weighted by Crippen LogP contribution is -2.57. The van der Waals surface area contributed by atoms with E-state index in [1.54, 1.807) is 0 Å². The molecule has 3 N–H and O–H groups in total. The molecule has 0 bridgehead atoms. The molecule has 0 heterocycles. The molecule has 0 fully saturated rings. The molecule has 0 amide bonds. The summed E-state index contributed by atoms with van der Waals surface area (Å²) in [6.45, 7) is 0.976. The van der Waals surface area contributed by atoms with Crippen LogP contribution in [0.25, 0.3) is 0 Å². The summed E-state index contributed by atoms with van der Waals surface area (Å²) in [4.78, 5) is 33.3. The van der Waals surface area contributed by atoms with Crippen LogP contribution in [0, 0.1) is 0 Å². The van der Waals surface area contributed by atoms with Gasteiger partial charge in [-0.15, -0.1) is 0 Å². The van der Waals surface area contributed by atoms with Crippen molar-refractivity contribution in [1.82, 2.24) is 0 Å². The number of carboxylic acid groups (broad SMARTS) is 3. The second-order valence-electron chi connectivity index (χ2n) is 7.24. The molecule has 0 aliphatic carbocycles. The first-order chi connectivity index (χ1) is 12.8. The van der Waals surface area contributed by atoms with Crippen LogP contribution in [0.1, 0.15) is 71.1 Å². The zero-order chi connectivity index (χ0) is 20.5. The molecule has 0 aromatic rings. The highest BCUT2D eigenvalue weighted by molar-refractivity contribution is 5.73. The van der Waals surface area contributed by atoms with E-state index in [1.165, 1.54) is 32.1 Å². The molecule has 7 nitrogen and oxygen atoms in total. The largest absolute Gasteiger partial charge is 0.477 e. The summed E-state index contributed by atoms with van der Waals surface area (Å²) in [6.07, 6.45) is 15.1. The van der Waals surface area contributed by atoms with Gasteiger partial charge in [-0.2, -0.15) is 0 Å². The number of unbranched alkanes of at least 4 members (excludes halogenated alkanes) is 8. The summed E-state index contributed by atoms with van der Waals surface area (Å²) in [6, 6.07) is 0. The third kappa shape index (κ3) is 14.9. The van der Waals surface area contributed by atoms with Crippen molar-refractivity contribution >= 4 is 17.9 Å². The zero-order valence-electron chi connectivity index (χ0n) is 16.6. The van der Waals surface area contributed by atoms with Gasteiger partial charge >= 0.3 is 17.9 Å². The Morgan fingerprint density at radius 3 is 1.48 bits per heavy atom. The first-order valence-corrected chi connectivity index (χ1v) is 9.97. The Morgan fingerprint density at radius 2 is 1.07 bits per heavy atom. The zero-order valence-corrected chi connectivity index (χ0v) is 16.6. The number of nitrogens with zero attached hydrogens (tertiary/aromatic N) is 1. The van der Waals surface area contributed by atoms with Gasteiger partial charge in [-0.3, -0.25) is 4.48 Å². The molecule has 0 saturated heterocycles. The van der Waals surface area contributed by atoms with E-state index in [4.69, 9.17) is 15.3 Å². The first-order valence-electron chi connectivity index (χ1n) is 9.97. The highest BCUT2D eigenvalue weighted by atomic mass is 16.4. The average molecular weight is 387 g/mol. The Morgan fingerprint density at radius 1 is 0.667 bits per heavy atom. The second kappa shape index (κ2) is 15.2. The molecule has 0 atom stereocenters. The molecule has 0 aromatic heterocycles. The van der Waals surface area contributed by atoms with Gasteiger partial charge in [-0.1, -0.05) is 44.8 Å². The van der Waals surface area contributed by atoms with Crippen LogP contribution in [0.4, 0.5) is 0 Å². The van der Waals surface area contributed by atoms with Gasteiger partial charge in [-0.05, 0) is 38.5 Å². The van der Waals surface area contributed by atoms with Crippen molar-refractivity contribution in [2.45, 2.75) is 71.1 Å². The predicted octanol–water partition coefficient (Wildman–Crippen LogP) is 3.53. The van der Waals surface area contributed by atoms with Gasteiger partial charge in [0.05, 0.1) is 6.54 Å². The van der Waals surface area contributed by atoms with E-state index >= 15 is 0 Å². The number of aliphatic carboxylic acids is 3. The van der Waals surface area contributed by atoms with Gasteiger partial charge in [-0.25, -0.2) is 14.4 Å². The van der Waals surface area contributed by atoms with E-state index < -0.39 is 42.0 Å². The Hall–Kier alpha value is -1.89. The standard InChI is InChI=1S/C20H35NO6/c1-2-3-4-5-6-7-8-9-10-11-12-13-14-21(15-18(22)23,16-19(24)25)17-20(26)27/h8-9H,2-7,10-17H2,1H3,(H2-,22,23,24,25,26,27)/p+1/b9-8+. The first kappa shape index (κ1) is 25.1. The van der Waals surface area contributed by atoms with Crippen LogP contribution in [0.15, 0.2) is 12.2 Å². The smallest absolute Gasteiger partial charge is 0.359 e. The molecule has 0 aromatic carbocycles. The number of carbonyl (C=O) groups is 3. The maximum Gasteiger partial charge on any atom is 0.359 e. The molecule has 0 aliphatic rings. The monoisotopic (exact) mass is 386 g/mol. The molecule has 0 rings (SSSR count). The van der Waals surface area contributed by atoms with Gasteiger partial charge in [0.2, 0.25) is 0 Å². The number of hydrogen-bond acceptors (Lipinski definition) is 3. The Labute approximate surface area is 162 Å². The Balaban J connectivity index is 4.19. The number of rotatable bonds is 18. The fourth-order valence-electron chi connectivity index (χ4n) is 3.25. The highest BCUT2D eigenvalue weighted by Gasteiger charge is 2.35. The highest BCUT2D eigenvalue weighted by Crippen LogP contribution is 2.12. The van der Waals surface area contributed by atoms with Crippen LogP contribution < -0.4 is 0 Å². The van der Waals surface area contributed by atoms with E-state index in [9.17, 15) is 14.4 Å². The fraction of sp³-hybridized carbons (Fsp3) is 0.750.